The summed E-state index contributed by atoms with van der Waals surface area (Å²) in [5.74, 6) is 1.61. The molecular formula is C25H29N3O. The zero-order valence-corrected chi connectivity index (χ0v) is 17.7. The Morgan fingerprint density at radius 3 is 2.76 bits per heavy atom. The van der Waals surface area contributed by atoms with Crippen molar-refractivity contribution < 1.29 is 4.79 Å². The van der Waals surface area contributed by atoms with Gasteiger partial charge in [-0.1, -0.05) is 44.7 Å². The largest absolute Gasteiger partial charge is 0.351 e. The number of anilines is 1. The molecule has 150 valence electrons. The minimum Gasteiger partial charge on any atom is -0.351 e. The number of benzene rings is 1. The van der Waals surface area contributed by atoms with Crippen LogP contribution in [0, 0.1) is 18.3 Å². The van der Waals surface area contributed by atoms with E-state index in [0.29, 0.717) is 18.4 Å². The van der Waals surface area contributed by atoms with Gasteiger partial charge in [0.15, 0.2) is 5.78 Å². The van der Waals surface area contributed by atoms with Gasteiger partial charge in [-0.2, -0.15) is 0 Å². The highest BCUT2D eigenvalue weighted by molar-refractivity contribution is 6.01. The van der Waals surface area contributed by atoms with Crippen molar-refractivity contribution in [3.05, 3.63) is 65.0 Å². The highest BCUT2D eigenvalue weighted by Crippen LogP contribution is 2.34. The summed E-state index contributed by atoms with van der Waals surface area (Å²) < 4.78 is 0. The predicted octanol–water partition coefficient (Wildman–Crippen LogP) is 5.68. The van der Waals surface area contributed by atoms with Crippen LogP contribution < -0.4 is 5.32 Å². The molecule has 0 bridgehead atoms. The highest BCUT2D eigenvalue weighted by atomic mass is 16.1. The molecular weight excluding hydrogens is 358 g/mol. The zero-order valence-electron chi connectivity index (χ0n) is 17.7. The van der Waals surface area contributed by atoms with E-state index in [1.54, 1.807) is 0 Å². The lowest BCUT2D eigenvalue weighted by molar-refractivity contribution is 0.0951. The highest BCUT2D eigenvalue weighted by Gasteiger charge is 2.28. The van der Waals surface area contributed by atoms with Gasteiger partial charge in [0.2, 0.25) is 5.95 Å². The van der Waals surface area contributed by atoms with E-state index in [2.05, 4.69) is 54.8 Å². The number of hydrogen-bond acceptors (Lipinski definition) is 4. The van der Waals surface area contributed by atoms with Gasteiger partial charge in [0, 0.05) is 29.8 Å². The number of allylic oxidation sites excluding steroid dienone is 1. The number of ketones is 1. The van der Waals surface area contributed by atoms with Gasteiger partial charge in [0.1, 0.15) is 0 Å². The van der Waals surface area contributed by atoms with Crippen molar-refractivity contribution in [3.8, 4) is 0 Å². The molecule has 1 atom stereocenters. The van der Waals surface area contributed by atoms with E-state index in [4.69, 9.17) is 0 Å². The Labute approximate surface area is 173 Å². The molecule has 0 saturated heterocycles. The molecule has 2 aromatic rings. The average Bonchev–Trinajstić information content (AvgIpc) is 3.51. The number of aromatic nitrogens is 2. The van der Waals surface area contributed by atoms with Crippen molar-refractivity contribution >= 4 is 23.4 Å². The molecule has 1 fully saturated rings. The molecule has 0 spiro atoms. The average molecular weight is 388 g/mol. The quantitative estimate of drug-likeness (QED) is 0.717. The first-order chi connectivity index (χ1) is 13.7. The third kappa shape index (κ3) is 4.16. The van der Waals surface area contributed by atoms with Crippen LogP contribution in [0.3, 0.4) is 0 Å². The second kappa shape index (κ2) is 7.25. The van der Waals surface area contributed by atoms with Gasteiger partial charge in [-0.25, -0.2) is 9.97 Å². The van der Waals surface area contributed by atoms with E-state index in [0.717, 1.165) is 39.4 Å². The topological polar surface area (TPSA) is 54.9 Å². The van der Waals surface area contributed by atoms with Crippen molar-refractivity contribution in [2.24, 2.45) is 11.3 Å². The third-order valence-corrected chi connectivity index (χ3v) is 6.02. The minimum atomic E-state index is -0.127. The van der Waals surface area contributed by atoms with Crippen LogP contribution in [0.1, 0.15) is 72.8 Å². The third-order valence-electron chi connectivity index (χ3n) is 6.02. The maximum atomic E-state index is 12.6. The number of carbonyl (C=O) groups is 1. The lowest BCUT2D eigenvalue weighted by Gasteiger charge is -2.16. The molecule has 4 rings (SSSR count). The molecule has 0 radical (unpaired) electrons. The van der Waals surface area contributed by atoms with Gasteiger partial charge in [0.05, 0.1) is 5.69 Å². The van der Waals surface area contributed by atoms with Gasteiger partial charge in [-0.3, -0.25) is 4.79 Å². The molecule has 1 N–H and O–H groups in total. The number of nitrogens with zero attached hydrogens (tertiary/aromatic N) is 2. The second-order valence-electron chi connectivity index (χ2n) is 9.17. The Kier molecular flexibility index (Phi) is 4.89. The van der Waals surface area contributed by atoms with E-state index in [-0.39, 0.29) is 11.2 Å². The molecule has 4 heteroatoms. The van der Waals surface area contributed by atoms with Crippen LogP contribution in [-0.2, 0) is 0 Å². The Hall–Kier alpha value is -2.75. The molecule has 2 aliphatic carbocycles. The van der Waals surface area contributed by atoms with Gasteiger partial charge in [-0.05, 0) is 60.8 Å². The van der Waals surface area contributed by atoms with Crippen molar-refractivity contribution in [2.45, 2.75) is 53.0 Å². The first-order valence-corrected chi connectivity index (χ1v) is 10.4. The molecule has 0 amide bonds. The van der Waals surface area contributed by atoms with Gasteiger partial charge in [0.25, 0.3) is 0 Å². The molecule has 29 heavy (non-hydrogen) atoms. The summed E-state index contributed by atoms with van der Waals surface area (Å²) in [5, 5.41) is 3.41. The minimum absolute atomic E-state index is 0.127. The predicted molar refractivity (Wildman–Crippen MR) is 119 cm³/mol. The summed E-state index contributed by atoms with van der Waals surface area (Å²) in [5.41, 5.74) is 5.30. The summed E-state index contributed by atoms with van der Waals surface area (Å²) in [6.45, 7) is 12.7. The van der Waals surface area contributed by atoms with E-state index in [1.807, 2.05) is 31.3 Å². The molecule has 1 saturated carbocycles. The Bertz CT molecular complexity index is 1010. The SMILES string of the molecule is C=C(c1ccc2c(c1)C=CC(C)(C)CC2=O)c1cnc(N[C@H](C)C2CC2)nc1C. The lowest BCUT2D eigenvalue weighted by atomic mass is 9.87. The van der Waals surface area contributed by atoms with Crippen molar-refractivity contribution in [1.29, 1.82) is 0 Å². The fourth-order valence-corrected chi connectivity index (χ4v) is 3.93. The van der Waals surface area contributed by atoms with E-state index in [9.17, 15) is 4.79 Å². The Balaban J connectivity index is 1.60. The van der Waals surface area contributed by atoms with Gasteiger partial charge >= 0.3 is 0 Å². The summed E-state index contributed by atoms with van der Waals surface area (Å²) in [6, 6.07) is 6.36. The number of fused-ring (bicyclic) bond motifs is 1. The first-order valence-electron chi connectivity index (χ1n) is 10.4. The Morgan fingerprint density at radius 2 is 2.07 bits per heavy atom. The van der Waals surface area contributed by atoms with E-state index < -0.39 is 0 Å². The van der Waals surface area contributed by atoms with Crippen molar-refractivity contribution in [2.75, 3.05) is 5.32 Å². The molecule has 1 aromatic heterocycles. The van der Waals surface area contributed by atoms with Crippen LogP contribution in [0.15, 0.2) is 37.1 Å². The van der Waals surface area contributed by atoms with Crippen LogP contribution in [0.2, 0.25) is 0 Å². The van der Waals surface area contributed by atoms with Crippen LogP contribution in [0.25, 0.3) is 11.6 Å². The fraction of sp³-hybridized carbons (Fsp3) is 0.400. The normalized spacial score (nSPS) is 18.7. The first kappa shape index (κ1) is 19.6. The van der Waals surface area contributed by atoms with Crippen LogP contribution in [-0.4, -0.2) is 21.8 Å². The molecule has 2 aliphatic rings. The van der Waals surface area contributed by atoms with Crippen molar-refractivity contribution in [1.82, 2.24) is 9.97 Å². The van der Waals surface area contributed by atoms with Crippen LogP contribution >= 0.6 is 0 Å². The molecule has 1 heterocycles. The van der Waals surface area contributed by atoms with Crippen molar-refractivity contribution in [3.63, 3.8) is 0 Å². The summed E-state index contributed by atoms with van der Waals surface area (Å²) >= 11 is 0. The summed E-state index contributed by atoms with van der Waals surface area (Å²) in [4.78, 5) is 21.8. The maximum absolute atomic E-state index is 12.6. The number of aryl methyl sites for hydroxylation is 1. The molecule has 1 aromatic carbocycles. The standard InChI is InChI=1S/C25H29N3O/c1-15(22-14-26-24(28-17(22)3)27-16(2)18-6-7-18)19-8-9-21-20(12-19)10-11-25(4,5)13-23(21)29/h8-12,14,16,18H,1,6-7,13H2,2-5H3,(H,26,27,28)/t16-/m1/s1. The maximum Gasteiger partial charge on any atom is 0.223 e. The number of nitrogens with one attached hydrogen (secondary N) is 1. The second-order valence-corrected chi connectivity index (χ2v) is 9.17. The van der Waals surface area contributed by atoms with E-state index in [1.165, 1.54) is 12.8 Å². The number of rotatable bonds is 5. The molecule has 0 unspecified atom stereocenters. The fourth-order valence-electron chi connectivity index (χ4n) is 3.93. The van der Waals surface area contributed by atoms with Gasteiger partial charge < -0.3 is 5.32 Å². The van der Waals surface area contributed by atoms with Gasteiger partial charge in [-0.15, -0.1) is 0 Å². The van der Waals surface area contributed by atoms with Crippen LogP contribution in [0.5, 0.6) is 0 Å². The lowest BCUT2D eigenvalue weighted by Crippen LogP contribution is -2.19. The monoisotopic (exact) mass is 387 g/mol. The summed E-state index contributed by atoms with van der Waals surface area (Å²) in [7, 11) is 0. The number of Topliss-reactive ketones (excluding diaryl/α,β-unsaturated/α-hetero) is 1. The Morgan fingerprint density at radius 1 is 1.31 bits per heavy atom. The smallest absolute Gasteiger partial charge is 0.223 e. The number of carbonyl (C=O) groups excluding carboxylic acids is 1. The molecule has 0 aliphatic heterocycles. The number of hydrogen-bond donors (Lipinski definition) is 1. The zero-order chi connectivity index (χ0) is 20.8. The summed E-state index contributed by atoms with van der Waals surface area (Å²) in [6.07, 6.45) is 9.13. The molecule has 4 nitrogen and oxygen atoms in total. The van der Waals surface area contributed by atoms with E-state index >= 15 is 0 Å². The van der Waals surface area contributed by atoms with Crippen LogP contribution in [0.4, 0.5) is 5.95 Å².